The van der Waals surface area contributed by atoms with Crippen molar-refractivity contribution in [1.82, 2.24) is 20.0 Å². The Labute approximate surface area is 115 Å². The zero-order valence-electron chi connectivity index (χ0n) is 10.9. The Kier molecular flexibility index (Phi) is 3.74. The third-order valence-corrected chi connectivity index (χ3v) is 4.49. The van der Waals surface area contributed by atoms with Gasteiger partial charge in [0.05, 0.1) is 18.4 Å². The second-order valence-electron chi connectivity index (χ2n) is 4.66. The van der Waals surface area contributed by atoms with E-state index in [4.69, 9.17) is 4.74 Å². The Morgan fingerprint density at radius 1 is 1.42 bits per heavy atom. The van der Waals surface area contributed by atoms with Crippen molar-refractivity contribution in [2.75, 3.05) is 18.5 Å². The number of anilines is 1. The predicted octanol–water partition coefficient (Wildman–Crippen LogP) is 1.78. The molecule has 7 heteroatoms. The number of nitrogens with zero attached hydrogens (tertiary/aromatic N) is 4. The van der Waals surface area contributed by atoms with Gasteiger partial charge in [-0.3, -0.25) is 4.68 Å². The molecular weight excluding hydrogens is 262 g/mol. The van der Waals surface area contributed by atoms with Crippen LogP contribution in [0, 0.1) is 0 Å². The van der Waals surface area contributed by atoms with Crippen molar-refractivity contribution < 1.29 is 4.74 Å². The van der Waals surface area contributed by atoms with Crippen LogP contribution in [-0.4, -0.2) is 33.2 Å². The summed E-state index contributed by atoms with van der Waals surface area (Å²) in [6.07, 6.45) is 5.96. The Bertz CT molecular complexity index is 532. The van der Waals surface area contributed by atoms with Gasteiger partial charge in [0.1, 0.15) is 0 Å². The van der Waals surface area contributed by atoms with Gasteiger partial charge in [0.25, 0.3) is 0 Å². The minimum Gasteiger partial charge on any atom is -0.381 e. The van der Waals surface area contributed by atoms with E-state index in [1.165, 1.54) is 4.88 Å². The lowest BCUT2D eigenvalue weighted by molar-refractivity contribution is 0.0860. The molecule has 1 fully saturated rings. The molecule has 0 aliphatic carbocycles. The monoisotopic (exact) mass is 279 g/mol. The van der Waals surface area contributed by atoms with Gasteiger partial charge in [-0.2, -0.15) is 0 Å². The molecule has 2 aromatic rings. The van der Waals surface area contributed by atoms with Gasteiger partial charge in [0, 0.05) is 31.3 Å². The molecule has 0 spiro atoms. The van der Waals surface area contributed by atoms with E-state index in [0.717, 1.165) is 36.9 Å². The van der Waals surface area contributed by atoms with E-state index in [1.54, 1.807) is 22.2 Å². The van der Waals surface area contributed by atoms with Crippen molar-refractivity contribution in [2.45, 2.75) is 25.3 Å². The van der Waals surface area contributed by atoms with Gasteiger partial charge >= 0.3 is 0 Å². The van der Waals surface area contributed by atoms with Crippen LogP contribution in [0.3, 0.4) is 0 Å². The van der Waals surface area contributed by atoms with Gasteiger partial charge in [0.2, 0.25) is 0 Å². The topological polar surface area (TPSA) is 64.9 Å². The molecule has 0 bridgehead atoms. The number of thiazole rings is 1. The maximum atomic E-state index is 5.39. The largest absolute Gasteiger partial charge is 0.381 e. The fraction of sp³-hybridized carbons (Fsp3) is 0.583. The van der Waals surface area contributed by atoms with E-state index < -0.39 is 0 Å². The first-order valence-electron chi connectivity index (χ1n) is 6.44. The summed E-state index contributed by atoms with van der Waals surface area (Å²) in [5, 5.41) is 12.0. The second-order valence-corrected chi connectivity index (χ2v) is 5.72. The first-order valence-corrected chi connectivity index (χ1v) is 7.25. The summed E-state index contributed by atoms with van der Waals surface area (Å²) in [6, 6.07) is 0. The van der Waals surface area contributed by atoms with Crippen LogP contribution in [0.5, 0.6) is 0 Å². The first kappa shape index (κ1) is 12.6. The van der Waals surface area contributed by atoms with Crippen LogP contribution in [-0.2, 0) is 18.3 Å². The van der Waals surface area contributed by atoms with Crippen molar-refractivity contribution >= 4 is 16.5 Å². The number of hydrogen-bond acceptors (Lipinski definition) is 6. The third-order valence-electron chi connectivity index (χ3n) is 3.38. The second kappa shape index (κ2) is 5.66. The van der Waals surface area contributed by atoms with E-state index in [9.17, 15) is 0 Å². The highest BCUT2D eigenvalue weighted by Crippen LogP contribution is 2.32. The molecule has 2 aromatic heterocycles. The summed E-state index contributed by atoms with van der Waals surface area (Å²) in [7, 11) is 1.89. The molecule has 0 atom stereocenters. The van der Waals surface area contributed by atoms with E-state index in [2.05, 4.69) is 20.6 Å². The Hall–Kier alpha value is -1.47. The molecule has 19 heavy (non-hydrogen) atoms. The summed E-state index contributed by atoms with van der Waals surface area (Å²) in [4.78, 5) is 5.79. The van der Waals surface area contributed by atoms with Crippen molar-refractivity contribution in [3.05, 3.63) is 23.0 Å². The third kappa shape index (κ3) is 2.93. The summed E-state index contributed by atoms with van der Waals surface area (Å²) in [5.74, 6) is 0.611. The van der Waals surface area contributed by atoms with Gasteiger partial charge in [-0.25, -0.2) is 4.98 Å². The molecule has 1 aliphatic rings. The van der Waals surface area contributed by atoms with Crippen molar-refractivity contribution in [3.8, 4) is 0 Å². The Morgan fingerprint density at radius 2 is 2.26 bits per heavy atom. The van der Waals surface area contributed by atoms with Gasteiger partial charge in [-0.05, 0) is 18.8 Å². The molecule has 0 saturated carbocycles. The highest BCUT2D eigenvalue weighted by atomic mass is 32.1. The van der Waals surface area contributed by atoms with Crippen molar-refractivity contribution in [2.24, 2.45) is 7.05 Å². The number of rotatable bonds is 4. The number of hydrogen-bond donors (Lipinski definition) is 1. The maximum absolute atomic E-state index is 5.39. The normalized spacial score (nSPS) is 16.7. The maximum Gasteiger partial charge on any atom is 0.183 e. The predicted molar refractivity (Wildman–Crippen MR) is 73.2 cm³/mol. The number of nitrogens with one attached hydrogen (secondary N) is 1. The zero-order valence-corrected chi connectivity index (χ0v) is 11.7. The molecule has 0 radical (unpaired) electrons. The lowest BCUT2D eigenvalue weighted by Crippen LogP contribution is -2.12. The molecule has 0 amide bonds. The molecule has 3 heterocycles. The van der Waals surface area contributed by atoms with Crippen LogP contribution in [0.15, 0.2) is 12.4 Å². The van der Waals surface area contributed by atoms with E-state index in [0.29, 0.717) is 12.5 Å². The van der Waals surface area contributed by atoms with Gasteiger partial charge < -0.3 is 10.1 Å². The van der Waals surface area contributed by atoms with Crippen LogP contribution in [0.2, 0.25) is 0 Å². The van der Waals surface area contributed by atoms with Crippen LogP contribution >= 0.6 is 11.3 Å². The van der Waals surface area contributed by atoms with Crippen molar-refractivity contribution in [1.29, 1.82) is 0 Å². The highest BCUT2D eigenvalue weighted by Gasteiger charge is 2.18. The smallest absolute Gasteiger partial charge is 0.183 e. The molecule has 1 aliphatic heterocycles. The molecule has 0 aromatic carbocycles. The quantitative estimate of drug-likeness (QED) is 0.924. The Morgan fingerprint density at radius 3 is 3.00 bits per heavy atom. The SMILES string of the molecule is Cn1nncc1CNc1ncc(C2CCOCC2)s1. The standard InChI is InChI=1S/C12H17N5OS/c1-17-10(7-15-16-17)6-13-12-14-8-11(19-12)9-2-4-18-5-3-9/h7-9H,2-6H2,1H3,(H,13,14). The number of aromatic nitrogens is 4. The average molecular weight is 279 g/mol. The molecule has 1 N–H and O–H groups in total. The van der Waals surface area contributed by atoms with Crippen LogP contribution < -0.4 is 5.32 Å². The molecule has 6 nitrogen and oxygen atoms in total. The average Bonchev–Trinajstić information content (AvgIpc) is 3.06. The minimum atomic E-state index is 0.611. The molecule has 3 rings (SSSR count). The van der Waals surface area contributed by atoms with E-state index in [1.807, 2.05) is 13.2 Å². The number of aryl methyl sites for hydroxylation is 1. The summed E-state index contributed by atoms with van der Waals surface area (Å²) in [6.45, 7) is 2.43. The summed E-state index contributed by atoms with van der Waals surface area (Å²) >= 11 is 1.74. The molecule has 102 valence electrons. The summed E-state index contributed by atoms with van der Waals surface area (Å²) in [5.41, 5.74) is 1.04. The van der Waals surface area contributed by atoms with Crippen molar-refractivity contribution in [3.63, 3.8) is 0 Å². The fourth-order valence-corrected chi connectivity index (χ4v) is 3.16. The van der Waals surface area contributed by atoms with E-state index in [-0.39, 0.29) is 0 Å². The highest BCUT2D eigenvalue weighted by molar-refractivity contribution is 7.15. The Balaban J connectivity index is 1.60. The molecule has 0 unspecified atom stereocenters. The minimum absolute atomic E-state index is 0.611. The van der Waals surface area contributed by atoms with Gasteiger partial charge in [-0.1, -0.05) is 5.21 Å². The molecule has 1 saturated heterocycles. The van der Waals surface area contributed by atoms with E-state index >= 15 is 0 Å². The first-order chi connectivity index (χ1) is 9.33. The van der Waals surface area contributed by atoms with Crippen LogP contribution in [0.4, 0.5) is 5.13 Å². The summed E-state index contributed by atoms with van der Waals surface area (Å²) < 4.78 is 7.15. The lowest BCUT2D eigenvalue weighted by atomic mass is 9.99. The van der Waals surface area contributed by atoms with Crippen LogP contribution in [0.1, 0.15) is 29.3 Å². The number of ether oxygens (including phenoxy) is 1. The van der Waals surface area contributed by atoms with Gasteiger partial charge in [-0.15, -0.1) is 16.4 Å². The van der Waals surface area contributed by atoms with Crippen LogP contribution in [0.25, 0.3) is 0 Å². The van der Waals surface area contributed by atoms with Gasteiger partial charge in [0.15, 0.2) is 5.13 Å². The zero-order chi connectivity index (χ0) is 13.1. The molecular formula is C12H17N5OS. The lowest BCUT2D eigenvalue weighted by Gasteiger charge is -2.20. The fourth-order valence-electron chi connectivity index (χ4n) is 2.18.